The molecule has 2 aliphatic rings. The smallest absolute Gasteiger partial charge is 0.241 e. The molecule has 9 nitrogen and oxygen atoms in total. The van der Waals surface area contributed by atoms with E-state index in [4.69, 9.17) is 18.9 Å². The number of hydrogen-bond acceptors (Lipinski definition) is 8. The monoisotopic (exact) mass is 575 g/mol. The summed E-state index contributed by atoms with van der Waals surface area (Å²) in [6, 6.07) is 21.2. The van der Waals surface area contributed by atoms with Crippen LogP contribution in [0.3, 0.4) is 0 Å². The van der Waals surface area contributed by atoms with Gasteiger partial charge in [0, 0.05) is 55.5 Å². The molecule has 1 unspecified atom stereocenters. The molecule has 9 heteroatoms. The van der Waals surface area contributed by atoms with E-state index in [1.165, 1.54) is 5.56 Å². The van der Waals surface area contributed by atoms with Crippen LogP contribution in [-0.4, -0.2) is 69.7 Å². The number of anilines is 2. The van der Waals surface area contributed by atoms with Gasteiger partial charge in [0.05, 0.1) is 39.5 Å². The topological polar surface area (TPSA) is 102 Å². The molecule has 0 radical (unpaired) electrons. The molecular weight excluding hydrogens is 534 g/mol. The summed E-state index contributed by atoms with van der Waals surface area (Å²) in [4.78, 5) is 14.9. The summed E-state index contributed by atoms with van der Waals surface area (Å²) in [6.07, 6.45) is 2.93. The highest BCUT2D eigenvalue weighted by atomic mass is 16.5. The number of aliphatic hydroxyl groups excluding tert-OH is 1. The number of carbonyl (C=O) groups is 1. The molecule has 0 aromatic heterocycles. The number of methoxy groups -OCH3 is 1. The fourth-order valence-corrected chi connectivity index (χ4v) is 5.53. The lowest BCUT2D eigenvalue weighted by atomic mass is 10.0. The molecule has 0 saturated carbocycles. The summed E-state index contributed by atoms with van der Waals surface area (Å²) < 4.78 is 23.5. The molecule has 42 heavy (non-hydrogen) atoms. The number of nitrogens with one attached hydrogen (secondary N) is 2. The van der Waals surface area contributed by atoms with Gasteiger partial charge >= 0.3 is 0 Å². The first-order chi connectivity index (χ1) is 20.7. The molecule has 0 aliphatic carbocycles. The maximum absolute atomic E-state index is 13.1. The van der Waals surface area contributed by atoms with E-state index in [1.54, 1.807) is 12.0 Å². The Morgan fingerprint density at radius 3 is 2.71 bits per heavy atom. The quantitative estimate of drug-likeness (QED) is 0.246. The second-order valence-electron chi connectivity index (χ2n) is 10.5. The standard InChI is InChI=1S/C33H41N3O6/c1-39-31-8-3-2-6-25(31)23-40-18-5-19-41-27-13-10-26(11-14-27)36-30(21-34-22-33(36)38)32(15-17-37)42-28-12-9-24-7-4-16-35-29(24)20-28/h2-3,6,8-14,20,30,32,34-35,37H,4-5,7,15-19,21-23H2,1H3/t30-,32?/m1/s1. The Bertz CT molecular complexity index is 1300. The van der Waals surface area contributed by atoms with Crippen molar-refractivity contribution in [1.82, 2.24) is 5.32 Å². The molecule has 3 aromatic carbocycles. The van der Waals surface area contributed by atoms with E-state index in [0.29, 0.717) is 32.8 Å². The Kier molecular flexibility index (Phi) is 10.5. The normalized spacial score (nSPS) is 17.2. The molecular formula is C33H41N3O6. The van der Waals surface area contributed by atoms with Crippen molar-refractivity contribution in [3.05, 3.63) is 77.9 Å². The molecule has 2 atom stereocenters. The van der Waals surface area contributed by atoms with Crippen LogP contribution in [0.25, 0.3) is 0 Å². The zero-order chi connectivity index (χ0) is 29.1. The molecule has 1 fully saturated rings. The number of nitrogens with zero attached hydrogens (tertiary/aromatic N) is 1. The van der Waals surface area contributed by atoms with Crippen molar-refractivity contribution in [2.75, 3.05) is 56.8 Å². The number of amides is 1. The van der Waals surface area contributed by atoms with Gasteiger partial charge in [0.25, 0.3) is 0 Å². The van der Waals surface area contributed by atoms with Crippen molar-refractivity contribution in [2.24, 2.45) is 0 Å². The highest BCUT2D eigenvalue weighted by Gasteiger charge is 2.36. The first-order valence-electron chi connectivity index (χ1n) is 14.8. The van der Waals surface area contributed by atoms with Gasteiger partial charge in [-0.25, -0.2) is 0 Å². The van der Waals surface area contributed by atoms with Crippen LogP contribution in [0.15, 0.2) is 66.7 Å². The van der Waals surface area contributed by atoms with E-state index in [0.717, 1.165) is 60.0 Å². The summed E-state index contributed by atoms with van der Waals surface area (Å²) >= 11 is 0. The number of piperazine rings is 1. The maximum atomic E-state index is 13.1. The number of carbonyl (C=O) groups excluding carboxylic acids is 1. The van der Waals surface area contributed by atoms with Crippen LogP contribution in [0, 0.1) is 0 Å². The lowest BCUT2D eigenvalue weighted by Crippen LogP contribution is -2.61. The van der Waals surface area contributed by atoms with Crippen molar-refractivity contribution in [1.29, 1.82) is 0 Å². The largest absolute Gasteiger partial charge is 0.496 e. The number of hydrogen-bond donors (Lipinski definition) is 3. The summed E-state index contributed by atoms with van der Waals surface area (Å²) in [5, 5.41) is 16.5. The number of para-hydroxylation sites is 1. The first-order valence-corrected chi connectivity index (χ1v) is 14.8. The minimum atomic E-state index is -0.389. The van der Waals surface area contributed by atoms with E-state index >= 15 is 0 Å². The number of aryl methyl sites for hydroxylation is 1. The van der Waals surface area contributed by atoms with Gasteiger partial charge in [0.15, 0.2) is 0 Å². The predicted octanol–water partition coefficient (Wildman–Crippen LogP) is 4.17. The van der Waals surface area contributed by atoms with E-state index in [2.05, 4.69) is 16.7 Å². The lowest BCUT2D eigenvalue weighted by Gasteiger charge is -2.40. The van der Waals surface area contributed by atoms with Crippen LogP contribution in [-0.2, 0) is 22.6 Å². The number of aliphatic hydroxyl groups is 1. The molecule has 0 spiro atoms. The summed E-state index contributed by atoms with van der Waals surface area (Å²) in [6.45, 7) is 3.29. The minimum Gasteiger partial charge on any atom is -0.496 e. The molecule has 1 saturated heterocycles. The molecule has 0 bridgehead atoms. The molecule has 5 rings (SSSR count). The fraction of sp³-hybridized carbons (Fsp3) is 0.424. The summed E-state index contributed by atoms with van der Waals surface area (Å²) in [5.74, 6) is 2.25. The van der Waals surface area contributed by atoms with Gasteiger partial charge in [-0.3, -0.25) is 4.79 Å². The number of benzene rings is 3. The van der Waals surface area contributed by atoms with E-state index in [-0.39, 0.29) is 31.2 Å². The van der Waals surface area contributed by atoms with Crippen LogP contribution in [0.4, 0.5) is 11.4 Å². The zero-order valence-corrected chi connectivity index (χ0v) is 24.2. The maximum Gasteiger partial charge on any atom is 0.241 e. The Morgan fingerprint density at radius 1 is 1.05 bits per heavy atom. The average molecular weight is 576 g/mol. The number of rotatable bonds is 14. The lowest BCUT2D eigenvalue weighted by molar-refractivity contribution is -0.120. The Morgan fingerprint density at radius 2 is 1.88 bits per heavy atom. The summed E-state index contributed by atoms with van der Waals surface area (Å²) in [7, 11) is 1.66. The van der Waals surface area contributed by atoms with Crippen LogP contribution >= 0.6 is 0 Å². The molecule has 3 aromatic rings. The second kappa shape index (κ2) is 14.9. The molecule has 224 valence electrons. The van der Waals surface area contributed by atoms with E-state index in [1.807, 2.05) is 60.7 Å². The second-order valence-corrected chi connectivity index (χ2v) is 10.5. The fourth-order valence-electron chi connectivity index (χ4n) is 5.53. The Labute approximate surface area is 247 Å². The predicted molar refractivity (Wildman–Crippen MR) is 163 cm³/mol. The molecule has 2 aliphatic heterocycles. The molecule has 2 heterocycles. The van der Waals surface area contributed by atoms with Crippen LogP contribution in [0.5, 0.6) is 17.2 Å². The third-order valence-electron chi connectivity index (χ3n) is 7.65. The molecule has 1 amide bonds. The Balaban J connectivity index is 1.17. The van der Waals surface area contributed by atoms with Crippen molar-refractivity contribution in [2.45, 2.75) is 44.4 Å². The van der Waals surface area contributed by atoms with Crippen LogP contribution < -0.4 is 29.7 Å². The van der Waals surface area contributed by atoms with Crippen molar-refractivity contribution in [3.63, 3.8) is 0 Å². The van der Waals surface area contributed by atoms with Crippen molar-refractivity contribution in [3.8, 4) is 17.2 Å². The van der Waals surface area contributed by atoms with Gasteiger partial charge < -0.3 is 39.6 Å². The summed E-state index contributed by atoms with van der Waals surface area (Å²) in [5.41, 5.74) is 4.17. The highest BCUT2D eigenvalue weighted by Crippen LogP contribution is 2.30. The van der Waals surface area contributed by atoms with Gasteiger partial charge in [-0.05, 0) is 54.8 Å². The van der Waals surface area contributed by atoms with Crippen LogP contribution in [0.2, 0.25) is 0 Å². The SMILES string of the molecule is COc1ccccc1COCCCOc1ccc(N2C(=O)CNC[C@@H]2C(CCO)Oc2ccc3c(c2)NCCC3)cc1. The third kappa shape index (κ3) is 7.53. The Hall–Kier alpha value is -3.79. The first kappa shape index (κ1) is 29.7. The van der Waals surface area contributed by atoms with E-state index in [9.17, 15) is 9.90 Å². The molecule has 3 N–H and O–H groups in total. The van der Waals surface area contributed by atoms with Gasteiger partial charge in [0.2, 0.25) is 5.91 Å². The van der Waals surface area contributed by atoms with E-state index < -0.39 is 0 Å². The zero-order valence-electron chi connectivity index (χ0n) is 24.2. The number of fused-ring (bicyclic) bond motifs is 1. The van der Waals surface area contributed by atoms with Crippen molar-refractivity contribution >= 4 is 17.3 Å². The van der Waals surface area contributed by atoms with Gasteiger partial charge in [-0.1, -0.05) is 24.3 Å². The minimum absolute atomic E-state index is 0.0363. The van der Waals surface area contributed by atoms with Crippen LogP contribution in [0.1, 0.15) is 30.4 Å². The average Bonchev–Trinajstić information content (AvgIpc) is 3.03. The van der Waals surface area contributed by atoms with Gasteiger partial charge in [0.1, 0.15) is 23.4 Å². The van der Waals surface area contributed by atoms with Crippen molar-refractivity contribution < 1.29 is 28.8 Å². The van der Waals surface area contributed by atoms with Gasteiger partial charge in [-0.15, -0.1) is 0 Å². The number of ether oxygens (including phenoxy) is 4. The van der Waals surface area contributed by atoms with Gasteiger partial charge in [-0.2, -0.15) is 0 Å². The highest BCUT2D eigenvalue weighted by molar-refractivity contribution is 5.96. The third-order valence-corrected chi connectivity index (χ3v) is 7.65.